The second-order valence-corrected chi connectivity index (χ2v) is 6.01. The number of benzene rings is 1. The minimum absolute atomic E-state index is 0.187. The number of ketones is 1. The summed E-state index contributed by atoms with van der Waals surface area (Å²) in [6.07, 6.45) is 1.13. The number of anilines is 1. The van der Waals surface area contributed by atoms with E-state index in [9.17, 15) is 4.79 Å². The highest BCUT2D eigenvalue weighted by atomic mass is 16.5. The summed E-state index contributed by atoms with van der Waals surface area (Å²) in [5.74, 6) is 0.963. The fraction of sp³-hybridized carbons (Fsp3) is 0.533. The number of nitrogens with one attached hydrogen (secondary N) is 1. The molecule has 1 unspecified atom stereocenters. The molecule has 1 atom stereocenters. The van der Waals surface area contributed by atoms with E-state index in [1.54, 1.807) is 0 Å². The first kappa shape index (κ1) is 12.9. The van der Waals surface area contributed by atoms with E-state index in [2.05, 4.69) is 26.1 Å². The van der Waals surface area contributed by atoms with E-state index >= 15 is 0 Å². The summed E-state index contributed by atoms with van der Waals surface area (Å²) in [6, 6.07) is 7.73. The second kappa shape index (κ2) is 5.01. The predicted molar refractivity (Wildman–Crippen MR) is 73.0 cm³/mol. The van der Waals surface area contributed by atoms with Gasteiger partial charge in [0.15, 0.2) is 11.9 Å². The Hall–Kier alpha value is -1.51. The first-order valence-electron chi connectivity index (χ1n) is 6.48. The number of ether oxygens (including phenoxy) is 1. The van der Waals surface area contributed by atoms with Crippen molar-refractivity contribution in [3.05, 3.63) is 24.3 Å². The van der Waals surface area contributed by atoms with Crippen LogP contribution in [0.3, 0.4) is 0 Å². The van der Waals surface area contributed by atoms with Gasteiger partial charge in [-0.05, 0) is 24.0 Å². The monoisotopic (exact) mass is 247 g/mol. The van der Waals surface area contributed by atoms with Crippen molar-refractivity contribution in [2.45, 2.75) is 39.7 Å². The van der Waals surface area contributed by atoms with E-state index in [1.807, 2.05) is 24.3 Å². The molecule has 18 heavy (non-hydrogen) atoms. The van der Waals surface area contributed by atoms with Gasteiger partial charge in [0.1, 0.15) is 5.75 Å². The molecule has 0 bridgehead atoms. The second-order valence-electron chi connectivity index (χ2n) is 6.01. The molecule has 0 amide bonds. The molecule has 1 N–H and O–H groups in total. The van der Waals surface area contributed by atoms with Gasteiger partial charge in [-0.15, -0.1) is 0 Å². The van der Waals surface area contributed by atoms with E-state index in [4.69, 9.17) is 4.74 Å². The highest BCUT2D eigenvalue weighted by molar-refractivity contribution is 5.85. The molecule has 1 aliphatic rings. The van der Waals surface area contributed by atoms with Crippen molar-refractivity contribution in [1.82, 2.24) is 0 Å². The summed E-state index contributed by atoms with van der Waals surface area (Å²) < 4.78 is 5.75. The Morgan fingerprint density at radius 3 is 2.83 bits per heavy atom. The lowest BCUT2D eigenvalue weighted by Gasteiger charge is -2.27. The highest BCUT2D eigenvalue weighted by Crippen LogP contribution is 2.29. The molecule has 0 radical (unpaired) electrons. The Morgan fingerprint density at radius 2 is 2.11 bits per heavy atom. The molecular weight excluding hydrogens is 226 g/mol. The van der Waals surface area contributed by atoms with Gasteiger partial charge in [-0.25, -0.2) is 0 Å². The van der Waals surface area contributed by atoms with E-state index in [1.165, 1.54) is 0 Å². The van der Waals surface area contributed by atoms with Crippen molar-refractivity contribution in [1.29, 1.82) is 0 Å². The largest absolute Gasteiger partial charge is 0.479 e. The van der Waals surface area contributed by atoms with Crippen LogP contribution in [0.1, 0.15) is 33.6 Å². The average molecular weight is 247 g/mol. The highest BCUT2D eigenvalue weighted by Gasteiger charge is 2.26. The van der Waals surface area contributed by atoms with Gasteiger partial charge in [-0.3, -0.25) is 4.79 Å². The van der Waals surface area contributed by atoms with E-state index < -0.39 is 0 Å². The summed E-state index contributed by atoms with van der Waals surface area (Å²) in [5.41, 5.74) is 1.16. The molecule has 0 spiro atoms. The third-order valence-corrected chi connectivity index (χ3v) is 3.11. The van der Waals surface area contributed by atoms with Crippen LogP contribution in [0.2, 0.25) is 0 Å². The molecule has 3 nitrogen and oxygen atoms in total. The number of para-hydroxylation sites is 2. The molecule has 1 aromatic carbocycles. The topological polar surface area (TPSA) is 38.3 Å². The van der Waals surface area contributed by atoms with Crippen LogP contribution in [0.4, 0.5) is 5.69 Å². The average Bonchev–Trinajstić information content (AvgIpc) is 2.34. The fourth-order valence-electron chi connectivity index (χ4n) is 1.95. The van der Waals surface area contributed by atoms with Crippen molar-refractivity contribution in [3.63, 3.8) is 0 Å². The van der Waals surface area contributed by atoms with Crippen LogP contribution in [0.5, 0.6) is 5.75 Å². The number of carbonyl (C=O) groups excluding carboxylic acids is 1. The standard InChI is InChI=1S/C15H21NO2/c1-15(2,3)9-8-12(17)14-10-16-11-6-4-5-7-13(11)18-14/h4-7,14,16H,8-10H2,1-3H3. The first-order chi connectivity index (χ1) is 8.46. The van der Waals surface area contributed by atoms with Crippen molar-refractivity contribution >= 4 is 11.5 Å². The molecule has 0 aromatic heterocycles. The lowest BCUT2D eigenvalue weighted by atomic mass is 9.89. The fourth-order valence-corrected chi connectivity index (χ4v) is 1.95. The molecule has 98 valence electrons. The summed E-state index contributed by atoms with van der Waals surface area (Å²) >= 11 is 0. The molecule has 3 heteroatoms. The predicted octanol–water partition coefficient (Wildman–Crippen LogP) is 3.25. The maximum Gasteiger partial charge on any atom is 0.175 e. The minimum atomic E-state index is -0.345. The Balaban J connectivity index is 1.95. The van der Waals surface area contributed by atoms with Gasteiger partial charge in [0.25, 0.3) is 0 Å². The van der Waals surface area contributed by atoms with Crippen molar-refractivity contribution in [2.24, 2.45) is 5.41 Å². The molecule has 0 fully saturated rings. The normalized spacial score (nSPS) is 18.5. The lowest BCUT2D eigenvalue weighted by Crippen LogP contribution is -2.38. The molecule has 1 aromatic rings. The van der Waals surface area contributed by atoms with Crippen LogP contribution in [-0.4, -0.2) is 18.4 Å². The van der Waals surface area contributed by atoms with E-state index in [-0.39, 0.29) is 17.3 Å². The van der Waals surface area contributed by atoms with Crippen molar-refractivity contribution < 1.29 is 9.53 Å². The number of hydrogen-bond acceptors (Lipinski definition) is 3. The lowest BCUT2D eigenvalue weighted by molar-refractivity contribution is -0.126. The van der Waals surface area contributed by atoms with Crippen LogP contribution < -0.4 is 10.1 Å². The summed E-state index contributed by atoms with van der Waals surface area (Å²) in [7, 11) is 0. The summed E-state index contributed by atoms with van der Waals surface area (Å²) in [4.78, 5) is 12.1. The maximum atomic E-state index is 12.1. The van der Waals surface area contributed by atoms with Gasteiger partial charge in [-0.2, -0.15) is 0 Å². The molecule has 0 saturated carbocycles. The van der Waals surface area contributed by atoms with Gasteiger partial charge in [0.05, 0.1) is 12.2 Å². The van der Waals surface area contributed by atoms with Crippen LogP contribution in [0, 0.1) is 5.41 Å². The zero-order chi connectivity index (χ0) is 13.2. The van der Waals surface area contributed by atoms with Gasteiger partial charge in [0, 0.05) is 6.42 Å². The third-order valence-electron chi connectivity index (χ3n) is 3.11. The number of hydrogen-bond donors (Lipinski definition) is 1. The van der Waals surface area contributed by atoms with Gasteiger partial charge in [0.2, 0.25) is 0 Å². The van der Waals surface area contributed by atoms with Gasteiger partial charge < -0.3 is 10.1 Å². The number of rotatable bonds is 3. The van der Waals surface area contributed by atoms with E-state index in [0.29, 0.717) is 13.0 Å². The van der Waals surface area contributed by atoms with Crippen LogP contribution in [0.25, 0.3) is 0 Å². The quantitative estimate of drug-likeness (QED) is 0.891. The SMILES string of the molecule is CC(C)(C)CCC(=O)C1CNc2ccccc2O1. The number of carbonyl (C=O) groups is 1. The molecule has 0 saturated heterocycles. The Labute approximate surface area is 109 Å². The van der Waals surface area contributed by atoms with Crippen molar-refractivity contribution in [2.75, 3.05) is 11.9 Å². The van der Waals surface area contributed by atoms with Crippen LogP contribution >= 0.6 is 0 Å². The molecule has 1 heterocycles. The van der Waals surface area contributed by atoms with Crippen molar-refractivity contribution in [3.8, 4) is 5.75 Å². The number of Topliss-reactive ketones (excluding diaryl/α,β-unsaturated/α-hetero) is 1. The Bertz CT molecular complexity index is 434. The smallest absolute Gasteiger partial charge is 0.175 e. The molecule has 0 aliphatic carbocycles. The van der Waals surface area contributed by atoms with E-state index in [0.717, 1.165) is 17.9 Å². The Kier molecular flexibility index (Phi) is 3.60. The minimum Gasteiger partial charge on any atom is -0.479 e. The van der Waals surface area contributed by atoms with Crippen LogP contribution in [-0.2, 0) is 4.79 Å². The molecule has 2 rings (SSSR count). The zero-order valence-corrected chi connectivity index (χ0v) is 11.3. The number of fused-ring (bicyclic) bond motifs is 1. The zero-order valence-electron chi connectivity index (χ0n) is 11.3. The first-order valence-corrected chi connectivity index (χ1v) is 6.48. The summed E-state index contributed by atoms with van der Waals surface area (Å²) in [5, 5.41) is 3.24. The molecule has 1 aliphatic heterocycles. The summed E-state index contributed by atoms with van der Waals surface area (Å²) in [6.45, 7) is 7.01. The van der Waals surface area contributed by atoms with Crippen LogP contribution in [0.15, 0.2) is 24.3 Å². The Morgan fingerprint density at radius 1 is 1.39 bits per heavy atom. The molecular formula is C15H21NO2. The van der Waals surface area contributed by atoms with Gasteiger partial charge in [-0.1, -0.05) is 32.9 Å². The van der Waals surface area contributed by atoms with Gasteiger partial charge >= 0.3 is 0 Å². The third kappa shape index (κ3) is 3.25. The maximum absolute atomic E-state index is 12.1.